The van der Waals surface area contributed by atoms with Crippen LogP contribution in [0.5, 0.6) is 23.0 Å². The van der Waals surface area contributed by atoms with E-state index in [1.54, 1.807) is 0 Å². The Morgan fingerprint density at radius 2 is 0.780 bits per heavy atom. The molecule has 2 fully saturated rings. The van der Waals surface area contributed by atoms with Gasteiger partial charge in [-0.05, 0) is 84.6 Å². The van der Waals surface area contributed by atoms with Crippen molar-refractivity contribution in [3.63, 3.8) is 0 Å². The molecule has 4 unspecified atom stereocenters. The van der Waals surface area contributed by atoms with E-state index < -0.39 is 12.6 Å². The van der Waals surface area contributed by atoms with Crippen molar-refractivity contribution in [3.05, 3.63) is 119 Å². The van der Waals surface area contributed by atoms with Crippen molar-refractivity contribution >= 4 is 0 Å². The van der Waals surface area contributed by atoms with E-state index >= 15 is 0 Å². The first-order valence-corrected chi connectivity index (χ1v) is 17.5. The van der Waals surface area contributed by atoms with Gasteiger partial charge in [-0.15, -0.1) is 0 Å². The highest BCUT2D eigenvalue weighted by Crippen LogP contribution is 2.35. The van der Waals surface area contributed by atoms with Crippen LogP contribution in [0.4, 0.5) is 0 Å². The Labute approximate surface area is 296 Å². The molecule has 0 amide bonds. The topological polar surface area (TPSA) is 80.4 Å². The van der Waals surface area contributed by atoms with E-state index in [9.17, 15) is 0 Å². The quantitative estimate of drug-likeness (QED) is 0.0558. The Balaban J connectivity index is 0.894. The fourth-order valence-electron chi connectivity index (χ4n) is 5.76. The van der Waals surface area contributed by atoms with Gasteiger partial charge in [0.2, 0.25) is 0 Å². The Kier molecular flexibility index (Phi) is 11.3. The minimum atomic E-state index is -0.431. The van der Waals surface area contributed by atoms with Crippen molar-refractivity contribution in [2.75, 3.05) is 39.6 Å². The van der Waals surface area contributed by atoms with Crippen LogP contribution in [0.2, 0.25) is 0 Å². The van der Waals surface area contributed by atoms with Crippen LogP contribution in [0, 0.1) is 0 Å². The zero-order chi connectivity index (χ0) is 35.1. The number of hydrogen-bond acceptors (Lipinski definition) is 8. The van der Waals surface area contributed by atoms with Gasteiger partial charge in [0.15, 0.2) is 12.6 Å². The van der Waals surface area contributed by atoms with Crippen LogP contribution in [-0.2, 0) is 29.8 Å². The molecule has 0 saturated carbocycles. The molecule has 0 radical (unpaired) electrons. The molecule has 266 valence electrons. The van der Waals surface area contributed by atoms with Crippen LogP contribution in [0.1, 0.15) is 63.8 Å². The van der Waals surface area contributed by atoms with Crippen LogP contribution in [0.25, 0.3) is 0 Å². The molecule has 50 heavy (non-hydrogen) atoms. The maximum Gasteiger partial charge on any atom is 0.197 e. The second-order valence-electron chi connectivity index (χ2n) is 14.0. The lowest BCUT2D eigenvalue weighted by Gasteiger charge is -2.27. The summed E-state index contributed by atoms with van der Waals surface area (Å²) in [5.41, 5.74) is 4.44. The van der Waals surface area contributed by atoms with Gasteiger partial charge in [-0.1, -0.05) is 76.2 Å². The van der Waals surface area contributed by atoms with Gasteiger partial charge >= 0.3 is 0 Å². The summed E-state index contributed by atoms with van der Waals surface area (Å²) in [5.74, 6) is 3.22. The van der Waals surface area contributed by atoms with E-state index in [1.807, 2.05) is 62.4 Å². The van der Waals surface area contributed by atoms with Gasteiger partial charge in [-0.3, -0.25) is 0 Å². The summed E-state index contributed by atoms with van der Waals surface area (Å²) < 4.78 is 45.8. The Hall–Kier alpha value is -4.08. The summed E-state index contributed by atoms with van der Waals surface area (Å²) in [5, 5.41) is 0. The summed E-state index contributed by atoms with van der Waals surface area (Å²) in [6.07, 6.45) is -0.371. The molecule has 0 spiro atoms. The summed E-state index contributed by atoms with van der Waals surface area (Å²) >= 11 is 0. The van der Waals surface area contributed by atoms with Crippen molar-refractivity contribution in [1.29, 1.82) is 0 Å². The fourth-order valence-corrected chi connectivity index (χ4v) is 5.76. The van der Waals surface area contributed by atoms with Gasteiger partial charge in [0, 0.05) is 10.8 Å². The third-order valence-electron chi connectivity index (χ3n) is 9.37. The molecule has 4 aromatic rings. The highest BCUT2D eigenvalue weighted by Gasteiger charge is 2.26. The summed E-state index contributed by atoms with van der Waals surface area (Å²) in [6.45, 7) is 16.2. The fraction of sp³-hybridized carbons (Fsp3) is 0.429. The Morgan fingerprint density at radius 1 is 0.500 bits per heavy atom. The van der Waals surface area contributed by atoms with Crippen molar-refractivity contribution in [1.82, 2.24) is 0 Å². The molecule has 2 aliphatic rings. The van der Waals surface area contributed by atoms with Crippen molar-refractivity contribution in [3.8, 4) is 23.0 Å². The molecule has 8 heteroatoms. The van der Waals surface area contributed by atoms with E-state index in [0.717, 1.165) is 36.2 Å². The molecule has 2 heterocycles. The van der Waals surface area contributed by atoms with Crippen LogP contribution < -0.4 is 18.9 Å². The van der Waals surface area contributed by atoms with Gasteiger partial charge in [0.1, 0.15) is 48.4 Å². The normalized spacial score (nSPS) is 18.2. The Bertz CT molecular complexity index is 1500. The number of benzene rings is 4. The monoisotopic (exact) mass is 682 g/mol. The number of hydrogen-bond donors (Lipinski definition) is 0. The van der Waals surface area contributed by atoms with Crippen LogP contribution in [0.15, 0.2) is 97.1 Å². The van der Waals surface area contributed by atoms with E-state index in [4.69, 9.17) is 37.9 Å². The second kappa shape index (κ2) is 15.9. The Morgan fingerprint density at radius 3 is 1.06 bits per heavy atom. The first-order valence-electron chi connectivity index (χ1n) is 17.5. The molecule has 0 bridgehead atoms. The summed E-state index contributed by atoms with van der Waals surface area (Å²) in [4.78, 5) is 0. The standard InChI is InChI=1S/C42H50O8/c1-29(49-37-19-11-33(12-20-37)41(3,4)31-7-15-35(16-8-31)45-25-39-27-47-39)43-23-24-44-30(2)50-38-21-13-34(14-22-38)42(5,6)32-9-17-36(18-10-32)46-26-40-28-48-40/h7-22,29-30,39-40H,23-28H2,1-6H3. The summed E-state index contributed by atoms with van der Waals surface area (Å²) in [7, 11) is 0. The van der Waals surface area contributed by atoms with Gasteiger partial charge in [0.25, 0.3) is 0 Å². The van der Waals surface area contributed by atoms with Crippen LogP contribution >= 0.6 is 0 Å². The summed E-state index contributed by atoms with van der Waals surface area (Å²) in [6, 6.07) is 33.0. The average molecular weight is 683 g/mol. The lowest BCUT2D eigenvalue weighted by molar-refractivity contribution is -0.119. The van der Waals surface area contributed by atoms with Crippen LogP contribution in [-0.4, -0.2) is 64.4 Å². The number of epoxide rings is 2. The molecule has 4 aromatic carbocycles. The predicted octanol–water partition coefficient (Wildman–Crippen LogP) is 8.08. The maximum atomic E-state index is 6.01. The van der Waals surface area contributed by atoms with Crippen molar-refractivity contribution in [2.45, 2.75) is 77.2 Å². The number of rotatable bonds is 19. The average Bonchev–Trinajstić information content (AvgIpc) is 4.06. The molecule has 6 rings (SSSR count). The molecule has 0 aliphatic carbocycles. The van der Waals surface area contributed by atoms with Gasteiger partial charge < -0.3 is 37.9 Å². The largest absolute Gasteiger partial charge is 0.491 e. The molecular weight excluding hydrogens is 632 g/mol. The molecule has 4 atom stereocenters. The zero-order valence-electron chi connectivity index (χ0n) is 30.1. The molecule has 2 saturated heterocycles. The molecule has 0 N–H and O–H groups in total. The number of ether oxygens (including phenoxy) is 8. The maximum absolute atomic E-state index is 6.01. The molecule has 0 aromatic heterocycles. The van der Waals surface area contributed by atoms with Gasteiger partial charge in [-0.25, -0.2) is 0 Å². The molecular formula is C42H50O8. The zero-order valence-corrected chi connectivity index (χ0v) is 30.1. The minimum absolute atomic E-state index is 0.179. The van der Waals surface area contributed by atoms with E-state index in [-0.39, 0.29) is 23.0 Å². The highest BCUT2D eigenvalue weighted by molar-refractivity contribution is 5.43. The molecule has 2 aliphatic heterocycles. The van der Waals surface area contributed by atoms with Gasteiger partial charge in [-0.2, -0.15) is 0 Å². The van der Waals surface area contributed by atoms with Crippen molar-refractivity contribution < 1.29 is 37.9 Å². The first-order chi connectivity index (χ1) is 24.1. The van der Waals surface area contributed by atoms with Gasteiger partial charge in [0.05, 0.1) is 26.4 Å². The third-order valence-corrected chi connectivity index (χ3v) is 9.37. The van der Waals surface area contributed by atoms with E-state index in [2.05, 4.69) is 76.2 Å². The predicted molar refractivity (Wildman–Crippen MR) is 193 cm³/mol. The lowest BCUT2D eigenvalue weighted by Crippen LogP contribution is -2.23. The lowest BCUT2D eigenvalue weighted by atomic mass is 9.78. The smallest absolute Gasteiger partial charge is 0.197 e. The first kappa shape index (κ1) is 35.7. The van der Waals surface area contributed by atoms with Crippen molar-refractivity contribution in [2.24, 2.45) is 0 Å². The van der Waals surface area contributed by atoms with E-state index in [0.29, 0.717) is 26.4 Å². The third kappa shape index (κ3) is 9.79. The van der Waals surface area contributed by atoms with E-state index in [1.165, 1.54) is 22.3 Å². The van der Waals surface area contributed by atoms with Crippen LogP contribution in [0.3, 0.4) is 0 Å². The minimum Gasteiger partial charge on any atom is -0.491 e. The second-order valence-corrected chi connectivity index (χ2v) is 14.0. The SMILES string of the molecule is CC(OCCOC(C)Oc1ccc(C(C)(C)c2ccc(OCC3CO3)cc2)cc1)Oc1ccc(C(C)(C)c2ccc(OCC3CO3)cc2)cc1. The molecule has 8 nitrogen and oxygen atoms in total. The highest BCUT2D eigenvalue weighted by atomic mass is 16.7.